The van der Waals surface area contributed by atoms with E-state index in [1.165, 1.54) is 18.2 Å². The van der Waals surface area contributed by atoms with E-state index in [0.717, 1.165) is 6.07 Å². The Kier molecular flexibility index (Phi) is 4.59. The lowest BCUT2D eigenvalue weighted by atomic mass is 10.1. The van der Waals surface area contributed by atoms with Crippen molar-refractivity contribution in [3.63, 3.8) is 0 Å². The van der Waals surface area contributed by atoms with E-state index in [1.807, 2.05) is 0 Å². The zero-order valence-corrected chi connectivity index (χ0v) is 12.7. The molecule has 1 amide bonds. The number of aromatic carboxylic acids is 1. The van der Waals surface area contributed by atoms with Gasteiger partial charge in [0.05, 0.1) is 16.3 Å². The van der Waals surface area contributed by atoms with E-state index in [4.69, 9.17) is 16.7 Å². The first-order chi connectivity index (χ1) is 9.91. The van der Waals surface area contributed by atoms with Crippen LogP contribution in [0.2, 0.25) is 5.02 Å². The first kappa shape index (κ1) is 15.5. The van der Waals surface area contributed by atoms with Crippen LogP contribution in [-0.4, -0.2) is 17.0 Å². The van der Waals surface area contributed by atoms with Crippen LogP contribution in [0.3, 0.4) is 0 Å². The van der Waals surface area contributed by atoms with E-state index in [1.54, 1.807) is 12.1 Å². The number of hydrogen-bond acceptors (Lipinski definition) is 2. The quantitative estimate of drug-likeness (QED) is 0.849. The van der Waals surface area contributed by atoms with Crippen LogP contribution >= 0.6 is 27.5 Å². The van der Waals surface area contributed by atoms with E-state index in [0.29, 0.717) is 4.47 Å². The van der Waals surface area contributed by atoms with Gasteiger partial charge in [0, 0.05) is 4.47 Å². The van der Waals surface area contributed by atoms with Crippen molar-refractivity contribution in [2.45, 2.75) is 0 Å². The molecule has 7 heteroatoms. The van der Waals surface area contributed by atoms with Crippen molar-refractivity contribution in [1.82, 2.24) is 0 Å². The summed E-state index contributed by atoms with van der Waals surface area (Å²) >= 11 is 9.17. The Hall–Kier alpha value is -1.92. The first-order valence-corrected chi connectivity index (χ1v) is 6.86. The number of rotatable bonds is 3. The van der Waals surface area contributed by atoms with E-state index >= 15 is 0 Å². The molecule has 0 spiro atoms. The molecular weight excluding hydrogens is 365 g/mol. The van der Waals surface area contributed by atoms with Crippen LogP contribution in [0.5, 0.6) is 0 Å². The highest BCUT2D eigenvalue weighted by molar-refractivity contribution is 9.10. The third-order valence-electron chi connectivity index (χ3n) is 2.67. The normalized spacial score (nSPS) is 10.2. The SMILES string of the molecule is O=C(Nc1cccc(F)c1C(=O)O)c1cccc(Br)c1Cl. The smallest absolute Gasteiger partial charge is 0.340 e. The van der Waals surface area contributed by atoms with Crippen molar-refractivity contribution < 1.29 is 19.1 Å². The lowest BCUT2D eigenvalue weighted by Crippen LogP contribution is -2.16. The molecule has 0 saturated carbocycles. The van der Waals surface area contributed by atoms with Crippen molar-refractivity contribution in [3.05, 3.63) is 62.8 Å². The van der Waals surface area contributed by atoms with Gasteiger partial charge in [0.15, 0.2) is 0 Å². The maximum absolute atomic E-state index is 13.5. The topological polar surface area (TPSA) is 66.4 Å². The number of anilines is 1. The molecular formula is C14H8BrClFNO3. The van der Waals surface area contributed by atoms with Crippen LogP contribution in [0.25, 0.3) is 0 Å². The third kappa shape index (κ3) is 3.22. The van der Waals surface area contributed by atoms with Gasteiger partial charge in [-0.05, 0) is 40.2 Å². The molecule has 4 nitrogen and oxygen atoms in total. The fourth-order valence-electron chi connectivity index (χ4n) is 1.71. The second kappa shape index (κ2) is 6.24. The number of halogens is 3. The highest BCUT2D eigenvalue weighted by atomic mass is 79.9. The number of carboxylic acids is 1. The van der Waals surface area contributed by atoms with Gasteiger partial charge in [-0.1, -0.05) is 23.7 Å². The Balaban J connectivity index is 2.39. The average molecular weight is 373 g/mol. The van der Waals surface area contributed by atoms with Gasteiger partial charge in [-0.2, -0.15) is 0 Å². The third-order valence-corrected chi connectivity index (χ3v) is 3.97. The molecule has 0 saturated heterocycles. The van der Waals surface area contributed by atoms with Gasteiger partial charge < -0.3 is 10.4 Å². The Morgan fingerprint density at radius 2 is 1.86 bits per heavy atom. The zero-order chi connectivity index (χ0) is 15.6. The lowest BCUT2D eigenvalue weighted by Gasteiger charge is -2.10. The summed E-state index contributed by atoms with van der Waals surface area (Å²) in [5, 5.41) is 11.5. The molecule has 0 heterocycles. The van der Waals surface area contributed by atoms with Crippen LogP contribution in [0.4, 0.5) is 10.1 Å². The van der Waals surface area contributed by atoms with Crippen LogP contribution in [-0.2, 0) is 0 Å². The minimum Gasteiger partial charge on any atom is -0.478 e. The molecule has 0 aliphatic heterocycles. The van der Waals surface area contributed by atoms with Crippen LogP contribution in [0, 0.1) is 5.82 Å². The highest BCUT2D eigenvalue weighted by Gasteiger charge is 2.19. The van der Waals surface area contributed by atoms with E-state index in [-0.39, 0.29) is 16.3 Å². The molecule has 0 radical (unpaired) electrons. The maximum Gasteiger partial charge on any atom is 0.340 e. The molecule has 108 valence electrons. The number of amides is 1. The van der Waals surface area contributed by atoms with Crippen LogP contribution < -0.4 is 5.32 Å². The van der Waals surface area contributed by atoms with Gasteiger partial charge in [-0.15, -0.1) is 0 Å². The molecule has 0 aromatic heterocycles. The van der Waals surface area contributed by atoms with Gasteiger partial charge in [-0.3, -0.25) is 4.79 Å². The second-order valence-electron chi connectivity index (χ2n) is 4.02. The number of carbonyl (C=O) groups excluding carboxylic acids is 1. The number of nitrogens with one attached hydrogen (secondary N) is 1. The largest absolute Gasteiger partial charge is 0.478 e. The predicted molar refractivity (Wildman–Crippen MR) is 80.5 cm³/mol. The molecule has 2 aromatic rings. The fraction of sp³-hybridized carbons (Fsp3) is 0. The molecule has 2 N–H and O–H groups in total. The summed E-state index contributed by atoms with van der Waals surface area (Å²) in [7, 11) is 0. The van der Waals surface area contributed by atoms with E-state index in [2.05, 4.69) is 21.2 Å². The van der Waals surface area contributed by atoms with Gasteiger partial charge in [-0.25, -0.2) is 9.18 Å². The lowest BCUT2D eigenvalue weighted by molar-refractivity contribution is 0.0693. The zero-order valence-electron chi connectivity index (χ0n) is 10.4. The van der Waals surface area contributed by atoms with Crippen molar-refractivity contribution in [2.24, 2.45) is 0 Å². The van der Waals surface area contributed by atoms with Gasteiger partial charge in [0.1, 0.15) is 11.4 Å². The molecule has 0 fully saturated rings. The molecule has 2 aromatic carbocycles. The molecule has 21 heavy (non-hydrogen) atoms. The summed E-state index contributed by atoms with van der Waals surface area (Å²) in [6.07, 6.45) is 0. The van der Waals surface area contributed by atoms with Crippen molar-refractivity contribution in [2.75, 3.05) is 5.32 Å². The monoisotopic (exact) mass is 371 g/mol. The van der Waals surface area contributed by atoms with Crippen LogP contribution in [0.15, 0.2) is 40.9 Å². The summed E-state index contributed by atoms with van der Waals surface area (Å²) in [5.74, 6) is -3.03. The minimum absolute atomic E-state index is 0.136. The van der Waals surface area contributed by atoms with Crippen LogP contribution in [0.1, 0.15) is 20.7 Å². The van der Waals surface area contributed by atoms with Crippen molar-refractivity contribution in [1.29, 1.82) is 0 Å². The Labute approximate surface area is 132 Å². The molecule has 0 unspecified atom stereocenters. The summed E-state index contributed by atoms with van der Waals surface area (Å²) in [4.78, 5) is 23.2. The average Bonchev–Trinajstić information content (AvgIpc) is 2.41. The Bertz CT molecular complexity index is 736. The van der Waals surface area contributed by atoms with Gasteiger partial charge >= 0.3 is 5.97 Å². The van der Waals surface area contributed by atoms with Gasteiger partial charge in [0.2, 0.25) is 0 Å². The number of benzene rings is 2. The summed E-state index contributed by atoms with van der Waals surface area (Å²) in [6.45, 7) is 0. The molecule has 0 aliphatic carbocycles. The molecule has 0 aliphatic rings. The molecule has 0 atom stereocenters. The van der Waals surface area contributed by atoms with E-state index in [9.17, 15) is 14.0 Å². The summed E-state index contributed by atoms with van der Waals surface area (Å²) in [5.41, 5.74) is -0.591. The highest BCUT2D eigenvalue weighted by Crippen LogP contribution is 2.27. The number of carboxylic acid groups (broad SMARTS) is 1. The molecule has 2 rings (SSSR count). The molecule has 0 bridgehead atoms. The first-order valence-electron chi connectivity index (χ1n) is 5.69. The van der Waals surface area contributed by atoms with E-state index < -0.39 is 23.3 Å². The fourth-order valence-corrected chi connectivity index (χ4v) is 2.29. The minimum atomic E-state index is -1.47. The summed E-state index contributed by atoms with van der Waals surface area (Å²) in [6, 6.07) is 8.35. The summed E-state index contributed by atoms with van der Waals surface area (Å²) < 4.78 is 14.1. The van der Waals surface area contributed by atoms with Crippen molar-refractivity contribution >= 4 is 45.1 Å². The second-order valence-corrected chi connectivity index (χ2v) is 5.26. The Morgan fingerprint density at radius 3 is 2.52 bits per heavy atom. The van der Waals surface area contributed by atoms with Gasteiger partial charge in [0.25, 0.3) is 5.91 Å². The number of carbonyl (C=O) groups is 2. The standard InChI is InChI=1S/C14H8BrClFNO3/c15-8-4-1-3-7(12(8)16)13(19)18-10-6-2-5-9(17)11(10)14(20)21/h1-6H,(H,18,19)(H,20,21). The maximum atomic E-state index is 13.5. The number of hydrogen-bond donors (Lipinski definition) is 2. The van der Waals surface area contributed by atoms with Crippen molar-refractivity contribution in [3.8, 4) is 0 Å². The Morgan fingerprint density at radius 1 is 1.19 bits per heavy atom. The predicted octanol–water partition coefficient (Wildman–Crippen LogP) is 4.19.